The summed E-state index contributed by atoms with van der Waals surface area (Å²) in [7, 11) is 2.45. The maximum absolute atomic E-state index is 12.4. The molecule has 9 heteroatoms. The minimum atomic E-state index is -0.640. The first-order valence-corrected chi connectivity index (χ1v) is 10.7. The monoisotopic (exact) mass is 466 g/mol. The van der Waals surface area contributed by atoms with Crippen molar-refractivity contribution in [3.05, 3.63) is 81.3 Å². The molecule has 1 N–H and O–H groups in total. The highest BCUT2D eigenvalue weighted by Gasteiger charge is 2.14. The Bertz CT molecular complexity index is 1150. The highest BCUT2D eigenvalue weighted by atomic mass is 32.1. The van der Waals surface area contributed by atoms with E-state index in [0.29, 0.717) is 12.4 Å². The first-order chi connectivity index (χ1) is 15.9. The molecule has 0 atom stereocenters. The number of thiazole rings is 1. The van der Waals surface area contributed by atoms with Gasteiger partial charge in [-0.15, -0.1) is 11.3 Å². The first-order valence-electron chi connectivity index (χ1n) is 9.82. The largest absolute Gasteiger partial charge is 0.487 e. The summed E-state index contributed by atoms with van der Waals surface area (Å²) >= 11 is 1.57. The van der Waals surface area contributed by atoms with Crippen molar-refractivity contribution in [2.24, 2.45) is 0 Å². The number of esters is 2. The molecule has 2 aromatic carbocycles. The Labute approximate surface area is 194 Å². The Hall–Kier alpha value is -3.98. The quantitative estimate of drug-likeness (QED) is 0.391. The molecule has 3 rings (SSSR count). The van der Waals surface area contributed by atoms with E-state index in [1.165, 1.54) is 38.5 Å². The molecule has 0 fully saturated rings. The summed E-state index contributed by atoms with van der Waals surface area (Å²) in [6.45, 7) is 2.33. The fraction of sp³-hybridized carbons (Fsp3) is 0.167. The summed E-state index contributed by atoms with van der Waals surface area (Å²) in [6, 6.07) is 11.4. The number of methoxy groups -OCH3 is 2. The first kappa shape index (κ1) is 23.7. The van der Waals surface area contributed by atoms with Gasteiger partial charge in [-0.3, -0.25) is 4.79 Å². The maximum Gasteiger partial charge on any atom is 0.337 e. The van der Waals surface area contributed by atoms with E-state index in [1.54, 1.807) is 29.5 Å². The average molecular weight is 467 g/mol. The summed E-state index contributed by atoms with van der Waals surface area (Å²) in [5.74, 6) is -1.03. The maximum atomic E-state index is 12.4. The van der Waals surface area contributed by atoms with Crippen LogP contribution in [0.1, 0.15) is 37.0 Å². The minimum Gasteiger partial charge on any atom is -0.487 e. The normalized spacial score (nSPS) is 10.6. The molecule has 0 saturated heterocycles. The fourth-order valence-corrected chi connectivity index (χ4v) is 3.43. The number of carbonyl (C=O) groups is 3. The molecule has 170 valence electrons. The van der Waals surface area contributed by atoms with Crippen LogP contribution in [0.5, 0.6) is 5.75 Å². The molecule has 0 radical (unpaired) electrons. The highest BCUT2D eigenvalue weighted by Crippen LogP contribution is 2.18. The van der Waals surface area contributed by atoms with Gasteiger partial charge in [0.25, 0.3) is 0 Å². The number of aryl methyl sites for hydroxylation is 1. The van der Waals surface area contributed by atoms with Crippen LogP contribution in [0.3, 0.4) is 0 Å². The Morgan fingerprint density at radius 2 is 1.64 bits per heavy atom. The third kappa shape index (κ3) is 6.75. The van der Waals surface area contributed by atoms with Crippen molar-refractivity contribution in [2.45, 2.75) is 13.5 Å². The van der Waals surface area contributed by atoms with Gasteiger partial charge in [0.15, 0.2) is 0 Å². The molecule has 0 unspecified atom stereocenters. The van der Waals surface area contributed by atoms with Gasteiger partial charge >= 0.3 is 11.9 Å². The van der Waals surface area contributed by atoms with Gasteiger partial charge in [-0.1, -0.05) is 12.1 Å². The van der Waals surface area contributed by atoms with E-state index in [1.807, 2.05) is 24.4 Å². The lowest BCUT2D eigenvalue weighted by Gasteiger charge is -2.08. The van der Waals surface area contributed by atoms with Crippen LogP contribution in [-0.4, -0.2) is 37.0 Å². The Morgan fingerprint density at radius 1 is 1.00 bits per heavy atom. The second-order valence-corrected chi connectivity index (χ2v) is 7.88. The Balaban J connectivity index is 1.63. The van der Waals surface area contributed by atoms with E-state index < -0.39 is 17.8 Å². The van der Waals surface area contributed by atoms with Gasteiger partial charge in [-0.2, -0.15) is 0 Å². The fourth-order valence-electron chi connectivity index (χ4n) is 2.83. The molecule has 8 nitrogen and oxygen atoms in total. The van der Waals surface area contributed by atoms with Crippen molar-refractivity contribution in [3.8, 4) is 5.75 Å². The SMILES string of the molecule is COC(=O)c1cc(NC(=O)/C=C/c2ccc(OCc3csc(C)n3)cc2)cc(C(=O)OC)c1. The lowest BCUT2D eigenvalue weighted by atomic mass is 10.1. The van der Waals surface area contributed by atoms with Crippen LogP contribution in [0.4, 0.5) is 5.69 Å². The van der Waals surface area contributed by atoms with Crippen molar-refractivity contribution in [1.82, 2.24) is 4.98 Å². The van der Waals surface area contributed by atoms with Crippen molar-refractivity contribution in [3.63, 3.8) is 0 Å². The number of hydrogen-bond donors (Lipinski definition) is 1. The number of ether oxygens (including phenoxy) is 3. The van der Waals surface area contributed by atoms with Crippen LogP contribution in [0, 0.1) is 6.92 Å². The number of nitrogens with zero attached hydrogens (tertiary/aromatic N) is 1. The lowest BCUT2D eigenvalue weighted by Crippen LogP contribution is -2.12. The Morgan fingerprint density at radius 3 is 2.18 bits per heavy atom. The molecule has 0 bridgehead atoms. The summed E-state index contributed by atoms with van der Waals surface area (Å²) in [4.78, 5) is 40.4. The van der Waals surface area contributed by atoms with Crippen molar-refractivity contribution in [1.29, 1.82) is 0 Å². The molecule has 3 aromatic rings. The van der Waals surface area contributed by atoms with Gasteiger partial charge in [0.2, 0.25) is 5.91 Å². The highest BCUT2D eigenvalue weighted by molar-refractivity contribution is 7.09. The van der Waals surface area contributed by atoms with Gasteiger partial charge in [-0.05, 0) is 48.9 Å². The van der Waals surface area contributed by atoms with Gasteiger partial charge in [0, 0.05) is 17.1 Å². The molecule has 1 aromatic heterocycles. The van der Waals surface area contributed by atoms with E-state index in [9.17, 15) is 14.4 Å². The number of aromatic nitrogens is 1. The Kier molecular flexibility index (Phi) is 7.93. The zero-order chi connectivity index (χ0) is 23.8. The van der Waals surface area contributed by atoms with Crippen molar-refractivity contribution in [2.75, 3.05) is 19.5 Å². The molecule has 1 amide bonds. The molecule has 1 heterocycles. The van der Waals surface area contributed by atoms with E-state index >= 15 is 0 Å². The minimum absolute atomic E-state index is 0.114. The predicted molar refractivity (Wildman–Crippen MR) is 124 cm³/mol. The number of nitrogens with one attached hydrogen (secondary N) is 1. The van der Waals surface area contributed by atoms with Crippen LogP contribution in [0.2, 0.25) is 0 Å². The molecule has 0 aliphatic heterocycles. The molecular weight excluding hydrogens is 444 g/mol. The van der Waals surface area contributed by atoms with Crippen molar-refractivity contribution >= 4 is 40.9 Å². The standard InChI is InChI=1S/C24H22N2O6S/c1-15-25-20(14-33-15)13-32-21-7-4-16(5-8-21)6-9-22(27)26-19-11-17(23(28)30-2)10-18(12-19)24(29)31-3/h4-12,14H,13H2,1-3H3,(H,26,27)/b9-6+. The second-order valence-electron chi connectivity index (χ2n) is 6.82. The zero-order valence-electron chi connectivity index (χ0n) is 18.3. The molecule has 0 saturated carbocycles. The van der Waals surface area contributed by atoms with E-state index in [4.69, 9.17) is 14.2 Å². The summed E-state index contributed by atoms with van der Waals surface area (Å²) in [5.41, 5.74) is 2.16. The molecule has 0 spiro atoms. The third-order valence-electron chi connectivity index (χ3n) is 4.40. The smallest absolute Gasteiger partial charge is 0.337 e. The number of carbonyl (C=O) groups excluding carboxylic acids is 3. The zero-order valence-corrected chi connectivity index (χ0v) is 19.1. The van der Waals surface area contributed by atoms with Crippen LogP contribution in [-0.2, 0) is 20.9 Å². The van der Waals surface area contributed by atoms with Gasteiger partial charge < -0.3 is 19.5 Å². The predicted octanol–water partition coefficient (Wildman–Crippen LogP) is 4.26. The van der Waals surface area contributed by atoms with Crippen LogP contribution in [0.25, 0.3) is 6.08 Å². The third-order valence-corrected chi connectivity index (χ3v) is 5.23. The average Bonchev–Trinajstić information content (AvgIpc) is 3.25. The van der Waals surface area contributed by atoms with E-state index in [0.717, 1.165) is 16.3 Å². The molecule has 0 aliphatic rings. The summed E-state index contributed by atoms with van der Waals surface area (Å²) in [6.07, 6.45) is 2.98. The number of anilines is 1. The van der Waals surface area contributed by atoms with E-state index in [-0.39, 0.29) is 16.8 Å². The number of hydrogen-bond acceptors (Lipinski definition) is 8. The second kappa shape index (κ2) is 11.1. The van der Waals surface area contributed by atoms with Crippen LogP contribution < -0.4 is 10.1 Å². The van der Waals surface area contributed by atoms with Crippen molar-refractivity contribution < 1.29 is 28.6 Å². The molecule has 33 heavy (non-hydrogen) atoms. The molecule has 0 aliphatic carbocycles. The van der Waals surface area contributed by atoms with Crippen LogP contribution >= 0.6 is 11.3 Å². The van der Waals surface area contributed by atoms with Gasteiger partial charge in [0.05, 0.1) is 36.0 Å². The van der Waals surface area contributed by atoms with Gasteiger partial charge in [-0.25, -0.2) is 14.6 Å². The van der Waals surface area contributed by atoms with Crippen LogP contribution in [0.15, 0.2) is 53.9 Å². The topological polar surface area (TPSA) is 104 Å². The summed E-state index contributed by atoms with van der Waals surface area (Å²) in [5, 5.41) is 5.58. The lowest BCUT2D eigenvalue weighted by molar-refractivity contribution is -0.111. The number of rotatable bonds is 8. The summed E-state index contributed by atoms with van der Waals surface area (Å²) < 4.78 is 15.1. The molecular formula is C24H22N2O6S. The number of amides is 1. The van der Waals surface area contributed by atoms with E-state index in [2.05, 4.69) is 10.3 Å². The van der Waals surface area contributed by atoms with Gasteiger partial charge in [0.1, 0.15) is 12.4 Å². The number of benzene rings is 2.